The summed E-state index contributed by atoms with van der Waals surface area (Å²) in [5.41, 5.74) is 0. The van der Waals surface area contributed by atoms with E-state index in [9.17, 15) is 38.8 Å². The van der Waals surface area contributed by atoms with E-state index in [1.165, 1.54) is 104 Å². The normalized spacial score (nSPS) is 26.9. The Morgan fingerprint density at radius 3 is 1.27 bits per heavy atom. The van der Waals surface area contributed by atoms with E-state index in [4.69, 9.17) is 0 Å². The molecule has 11 amide bonds. The van der Waals surface area contributed by atoms with Crippen LogP contribution in [0.2, 0.25) is 0 Å². The van der Waals surface area contributed by atoms with Gasteiger partial charge in [0.15, 0.2) is 0 Å². The monoisotopic (exact) mass is 1250 g/mol. The Labute approximate surface area is 534 Å². The number of amides is 11. The van der Waals surface area contributed by atoms with E-state index >= 15 is 19.2 Å². The SMILES string of the molecule is CC[C@@H]1NC(=O)[C@H]([C@H](C)[C@H](C)CCCCCC#N)N(C)C(=O)[C@H](C(C)C)N(C)C(=O)[C@H](CC(C)C)N(C)C(=O)[C@H](CC(C)C)N(C)C(=O)[C@@H](C)NC(=O)[C@H](C)NC(=O)[C@H](CC(C)C)N(C)C(=O)[C@H](C(C)C)NC(=O)[C@H](CC(C)C)N(C)C(=O)[C@@H](C)N(C)C1=O. The Morgan fingerprint density at radius 2 is 0.820 bits per heavy atom. The Bertz CT molecular complexity index is 2440. The van der Waals surface area contributed by atoms with Gasteiger partial charge in [-0.3, -0.25) is 52.7 Å². The van der Waals surface area contributed by atoms with Crippen molar-refractivity contribution in [1.82, 2.24) is 55.6 Å². The molecule has 1 aliphatic rings. The predicted octanol–water partition coefficient (Wildman–Crippen LogP) is 5.44. The van der Waals surface area contributed by atoms with Crippen molar-refractivity contribution in [2.75, 3.05) is 49.3 Å². The Hall–Kier alpha value is -6.34. The lowest BCUT2D eigenvalue weighted by molar-refractivity contribution is -0.156. The third-order valence-electron chi connectivity index (χ3n) is 17.8. The molecule has 23 heteroatoms. The minimum Gasteiger partial charge on any atom is -0.343 e. The predicted molar refractivity (Wildman–Crippen MR) is 345 cm³/mol. The Kier molecular flexibility index (Phi) is 33.6. The van der Waals surface area contributed by atoms with Gasteiger partial charge >= 0.3 is 0 Å². The zero-order valence-corrected chi connectivity index (χ0v) is 59.1. The van der Waals surface area contributed by atoms with Gasteiger partial charge in [0.1, 0.15) is 66.5 Å². The number of nitriles is 1. The maximum absolute atomic E-state index is 15.4. The average molecular weight is 1260 g/mol. The van der Waals surface area contributed by atoms with Crippen molar-refractivity contribution in [1.29, 1.82) is 5.26 Å². The molecule has 0 aromatic carbocycles. The molecule has 1 rings (SSSR count). The highest BCUT2D eigenvalue weighted by Crippen LogP contribution is 2.29. The van der Waals surface area contributed by atoms with Crippen LogP contribution >= 0.6 is 0 Å². The maximum Gasteiger partial charge on any atom is 0.246 e. The molecule has 0 bridgehead atoms. The number of carbonyl (C=O) groups excluding carboxylic acids is 11. The van der Waals surface area contributed by atoms with Crippen LogP contribution in [0.25, 0.3) is 0 Å². The number of hydrogen-bond acceptors (Lipinski definition) is 12. The second-order valence-corrected chi connectivity index (χ2v) is 27.8. The second-order valence-electron chi connectivity index (χ2n) is 27.8. The number of carbonyl (C=O) groups is 11. The van der Waals surface area contributed by atoms with Crippen LogP contribution in [-0.2, 0) is 52.7 Å². The number of nitrogens with zero attached hydrogens (tertiary/aromatic N) is 8. The summed E-state index contributed by atoms with van der Waals surface area (Å²) in [6.45, 7) is 32.1. The molecule has 23 nitrogen and oxygen atoms in total. The van der Waals surface area contributed by atoms with Crippen molar-refractivity contribution in [3.63, 3.8) is 0 Å². The summed E-state index contributed by atoms with van der Waals surface area (Å²) in [7, 11) is 10.3. The van der Waals surface area contributed by atoms with Gasteiger partial charge in [-0.05, 0) is 107 Å². The fraction of sp³-hybridized carbons (Fsp3) is 0.818. The van der Waals surface area contributed by atoms with E-state index in [1.54, 1.807) is 34.6 Å². The van der Waals surface area contributed by atoms with Crippen molar-refractivity contribution in [2.24, 2.45) is 47.3 Å². The highest BCUT2D eigenvalue weighted by Gasteiger charge is 2.46. The first kappa shape index (κ1) is 80.7. The van der Waals surface area contributed by atoms with Gasteiger partial charge in [0.2, 0.25) is 65.0 Å². The third kappa shape index (κ3) is 22.8. The molecule has 13 atom stereocenters. The van der Waals surface area contributed by atoms with E-state index in [-0.39, 0.29) is 61.7 Å². The number of nitrogens with one attached hydrogen (secondary N) is 4. The van der Waals surface area contributed by atoms with Crippen molar-refractivity contribution in [3.8, 4) is 6.07 Å². The van der Waals surface area contributed by atoms with E-state index < -0.39 is 149 Å². The first-order valence-electron chi connectivity index (χ1n) is 32.6. The molecule has 0 saturated carbocycles. The molecule has 0 unspecified atom stereocenters. The molecule has 0 radical (unpaired) electrons. The van der Waals surface area contributed by atoms with Gasteiger partial charge in [0, 0.05) is 55.8 Å². The summed E-state index contributed by atoms with van der Waals surface area (Å²) in [4.78, 5) is 171. The largest absolute Gasteiger partial charge is 0.343 e. The van der Waals surface area contributed by atoms with Crippen molar-refractivity contribution in [3.05, 3.63) is 0 Å². The molecule has 89 heavy (non-hydrogen) atoms. The minimum absolute atomic E-state index is 0.0837. The molecular formula is C66H118N12O11. The summed E-state index contributed by atoms with van der Waals surface area (Å²) in [6.07, 6.45) is 4.04. The van der Waals surface area contributed by atoms with Gasteiger partial charge in [-0.2, -0.15) is 5.26 Å². The number of unbranched alkanes of at least 4 members (excludes halogenated alkanes) is 3. The molecule has 0 spiro atoms. The van der Waals surface area contributed by atoms with Crippen LogP contribution in [-0.4, -0.2) is 215 Å². The lowest BCUT2D eigenvalue weighted by Crippen LogP contribution is -2.62. The van der Waals surface area contributed by atoms with Crippen LogP contribution in [0.4, 0.5) is 0 Å². The molecule has 0 aromatic heterocycles. The summed E-state index contributed by atoms with van der Waals surface area (Å²) in [5.74, 6) is -9.07. The minimum atomic E-state index is -1.22. The quantitative estimate of drug-likeness (QED) is 0.125. The first-order chi connectivity index (χ1) is 41.1. The van der Waals surface area contributed by atoms with Gasteiger partial charge in [0.05, 0.1) is 6.07 Å². The van der Waals surface area contributed by atoms with Crippen molar-refractivity contribution in [2.45, 2.75) is 255 Å². The van der Waals surface area contributed by atoms with Gasteiger partial charge < -0.3 is 55.6 Å². The number of hydrogen-bond donors (Lipinski definition) is 4. The molecular weight excluding hydrogens is 1140 g/mol. The van der Waals surface area contributed by atoms with Crippen LogP contribution in [0, 0.1) is 58.7 Å². The molecule has 4 N–H and O–H groups in total. The third-order valence-corrected chi connectivity index (χ3v) is 17.8. The molecule has 0 aromatic rings. The number of rotatable bonds is 18. The van der Waals surface area contributed by atoms with Crippen molar-refractivity contribution >= 4 is 65.0 Å². The highest BCUT2D eigenvalue weighted by atomic mass is 16.2. The standard InChI is InChI=1S/C66H118N12O11/c1-26-48-62(85)72(19)47(18)61(84)73(20)50(34-38(4)5)58(81)71-53(41(10)11)65(88)74(21)49(33-37(2)3)57(80)68-45(16)56(79)69-46(17)60(83)75(22)51(35-39(6)7)63(86)76(23)52(36-40(8)9)64(87)77(24)54(42(12)13)66(89)78(25)55(59(82)70-48)44(15)43(14)31-29-27-28-30-32-67/h37-55H,26-31,33-36H2,1-25H3,(H,68,80)(H,69,79)(H,70,82)(H,71,81)/t43-,44-,45+,46-,47-,48+,49+,50+,51+,52+,53+,54+,55+/m1/s1. The average Bonchev–Trinajstić information content (AvgIpc) is 1.83. The van der Waals surface area contributed by atoms with Gasteiger partial charge in [-0.25, -0.2) is 0 Å². The van der Waals surface area contributed by atoms with Crippen LogP contribution in [0.3, 0.4) is 0 Å². The van der Waals surface area contributed by atoms with Gasteiger partial charge in [-0.15, -0.1) is 0 Å². The highest BCUT2D eigenvalue weighted by molar-refractivity contribution is 6.00. The summed E-state index contributed by atoms with van der Waals surface area (Å²) in [5, 5.41) is 20.4. The smallest absolute Gasteiger partial charge is 0.246 e. The zero-order valence-electron chi connectivity index (χ0n) is 59.1. The van der Waals surface area contributed by atoms with Crippen LogP contribution in [0.15, 0.2) is 0 Å². The summed E-state index contributed by atoms with van der Waals surface area (Å²) >= 11 is 0. The molecule has 1 heterocycles. The van der Waals surface area contributed by atoms with Crippen LogP contribution in [0.5, 0.6) is 0 Å². The fourth-order valence-corrected chi connectivity index (χ4v) is 11.7. The molecule has 1 fully saturated rings. The second kappa shape index (κ2) is 37.1. The lowest BCUT2D eigenvalue weighted by Gasteiger charge is -2.42. The van der Waals surface area contributed by atoms with E-state index in [2.05, 4.69) is 27.3 Å². The van der Waals surface area contributed by atoms with E-state index in [1.807, 2.05) is 69.2 Å². The first-order valence-corrected chi connectivity index (χ1v) is 32.6. The molecule has 508 valence electrons. The molecule has 1 aliphatic heterocycles. The summed E-state index contributed by atoms with van der Waals surface area (Å²) < 4.78 is 0. The Morgan fingerprint density at radius 1 is 0.404 bits per heavy atom. The van der Waals surface area contributed by atoms with E-state index in [0.717, 1.165) is 12.8 Å². The van der Waals surface area contributed by atoms with Crippen molar-refractivity contribution < 1.29 is 52.7 Å². The summed E-state index contributed by atoms with van der Waals surface area (Å²) in [6, 6.07) is -10.7. The topological polar surface area (TPSA) is 282 Å². The number of likely N-dealkylation sites (N-methyl/N-ethyl adjacent to an activating group) is 7. The fourth-order valence-electron chi connectivity index (χ4n) is 11.7. The van der Waals surface area contributed by atoms with Crippen LogP contribution in [0.1, 0.15) is 189 Å². The maximum atomic E-state index is 15.4. The van der Waals surface area contributed by atoms with Gasteiger partial charge in [0.25, 0.3) is 0 Å². The molecule has 0 aliphatic carbocycles. The molecule has 1 saturated heterocycles. The van der Waals surface area contributed by atoms with Crippen LogP contribution < -0.4 is 21.3 Å². The Balaban J connectivity index is 4.38. The van der Waals surface area contributed by atoms with Gasteiger partial charge in [-0.1, -0.05) is 123 Å². The lowest BCUT2D eigenvalue weighted by atomic mass is 9.83. The van der Waals surface area contributed by atoms with E-state index in [0.29, 0.717) is 19.3 Å². The zero-order chi connectivity index (χ0) is 69.0.